The van der Waals surface area contributed by atoms with Crippen molar-refractivity contribution in [3.8, 4) is 0 Å². The molecular weight excluding hydrogens is 322 g/mol. The molecule has 3 rings (SSSR count). The van der Waals surface area contributed by atoms with Crippen molar-refractivity contribution in [1.82, 2.24) is 14.9 Å². The number of carbonyl (C=O) groups excluding carboxylic acids is 1. The lowest BCUT2D eigenvalue weighted by Gasteiger charge is -2.08. The molecule has 2 aromatic carbocycles. The predicted molar refractivity (Wildman–Crippen MR) is 96.2 cm³/mol. The average molecular weight is 339 g/mol. The van der Waals surface area contributed by atoms with Gasteiger partial charge in [-0.3, -0.25) is 14.2 Å². The first-order valence-electron chi connectivity index (χ1n) is 7.63. The van der Waals surface area contributed by atoms with Crippen molar-refractivity contribution < 1.29 is 4.79 Å². The molecular formula is C18H17N3O2S. The second-order valence-corrected chi connectivity index (χ2v) is 6.37. The van der Waals surface area contributed by atoms with Crippen molar-refractivity contribution in [3.05, 3.63) is 71.3 Å². The summed E-state index contributed by atoms with van der Waals surface area (Å²) in [5.74, 6) is 0.587. The maximum absolute atomic E-state index is 12.3. The lowest BCUT2D eigenvalue weighted by atomic mass is 10.2. The highest BCUT2D eigenvalue weighted by Crippen LogP contribution is 2.15. The van der Waals surface area contributed by atoms with Gasteiger partial charge in [-0.05, 0) is 24.3 Å². The average Bonchev–Trinajstić information content (AvgIpc) is 2.62. The number of hydrogen-bond donors (Lipinski definition) is 1. The van der Waals surface area contributed by atoms with Crippen LogP contribution in [0.3, 0.4) is 0 Å². The van der Waals surface area contributed by atoms with Crippen LogP contribution in [0.5, 0.6) is 0 Å². The Labute approximate surface area is 143 Å². The molecule has 0 saturated carbocycles. The summed E-state index contributed by atoms with van der Waals surface area (Å²) in [6, 6.07) is 17.1. The summed E-state index contributed by atoms with van der Waals surface area (Å²) < 4.78 is 1.34. The van der Waals surface area contributed by atoms with Crippen molar-refractivity contribution in [2.45, 2.75) is 11.4 Å². The molecule has 0 saturated heterocycles. The first kappa shape index (κ1) is 16.3. The van der Waals surface area contributed by atoms with E-state index < -0.39 is 0 Å². The molecule has 24 heavy (non-hydrogen) atoms. The topological polar surface area (TPSA) is 64.0 Å². The smallest absolute Gasteiger partial charge is 0.261 e. The Balaban J connectivity index is 1.53. The van der Waals surface area contributed by atoms with E-state index in [-0.39, 0.29) is 18.0 Å². The third-order valence-corrected chi connectivity index (χ3v) is 4.50. The van der Waals surface area contributed by atoms with E-state index in [1.54, 1.807) is 30.0 Å². The van der Waals surface area contributed by atoms with Gasteiger partial charge in [0.2, 0.25) is 5.91 Å². The van der Waals surface area contributed by atoms with E-state index in [2.05, 4.69) is 10.3 Å². The van der Waals surface area contributed by atoms with Gasteiger partial charge < -0.3 is 5.32 Å². The normalized spacial score (nSPS) is 10.7. The van der Waals surface area contributed by atoms with Gasteiger partial charge >= 0.3 is 0 Å². The van der Waals surface area contributed by atoms with Gasteiger partial charge in [-0.15, -0.1) is 11.8 Å². The molecule has 3 aromatic rings. The molecule has 0 spiro atoms. The fourth-order valence-corrected chi connectivity index (χ4v) is 3.09. The second kappa shape index (κ2) is 7.79. The zero-order valence-electron chi connectivity index (χ0n) is 13.0. The third kappa shape index (κ3) is 4.02. The fourth-order valence-electron chi connectivity index (χ4n) is 2.31. The first-order chi connectivity index (χ1) is 11.7. The summed E-state index contributed by atoms with van der Waals surface area (Å²) in [6.45, 7) is 0.529. The highest BCUT2D eigenvalue weighted by atomic mass is 32.2. The Bertz CT molecular complexity index is 893. The van der Waals surface area contributed by atoms with Crippen molar-refractivity contribution in [2.75, 3.05) is 12.3 Å². The van der Waals surface area contributed by atoms with Crippen LogP contribution in [0.25, 0.3) is 10.9 Å². The Morgan fingerprint density at radius 1 is 1.08 bits per heavy atom. The molecule has 5 nitrogen and oxygen atoms in total. The summed E-state index contributed by atoms with van der Waals surface area (Å²) in [5.41, 5.74) is 0.438. The van der Waals surface area contributed by atoms with Gasteiger partial charge in [0.25, 0.3) is 5.56 Å². The van der Waals surface area contributed by atoms with Crippen LogP contribution in [-0.2, 0) is 11.3 Å². The number of amides is 1. The number of carbonyl (C=O) groups is 1. The summed E-state index contributed by atoms with van der Waals surface area (Å²) in [4.78, 5) is 29.7. The van der Waals surface area contributed by atoms with Crippen LogP contribution in [0.15, 0.2) is 70.6 Å². The van der Waals surface area contributed by atoms with Crippen LogP contribution in [0.4, 0.5) is 0 Å². The van der Waals surface area contributed by atoms with E-state index in [0.29, 0.717) is 17.4 Å². The number of para-hydroxylation sites is 1. The molecule has 0 aliphatic heterocycles. The largest absolute Gasteiger partial charge is 0.354 e. The monoisotopic (exact) mass is 339 g/mol. The maximum atomic E-state index is 12.3. The number of hydrogen-bond acceptors (Lipinski definition) is 4. The zero-order valence-corrected chi connectivity index (χ0v) is 13.8. The third-order valence-electron chi connectivity index (χ3n) is 3.48. The minimum Gasteiger partial charge on any atom is -0.354 e. The fraction of sp³-hybridized carbons (Fsp3) is 0.167. The van der Waals surface area contributed by atoms with Crippen molar-refractivity contribution in [3.63, 3.8) is 0 Å². The van der Waals surface area contributed by atoms with Gasteiger partial charge in [-0.2, -0.15) is 0 Å². The van der Waals surface area contributed by atoms with E-state index in [9.17, 15) is 9.59 Å². The van der Waals surface area contributed by atoms with Crippen LogP contribution in [-0.4, -0.2) is 27.8 Å². The van der Waals surface area contributed by atoms with Gasteiger partial charge in [-0.1, -0.05) is 30.3 Å². The Hall–Kier alpha value is -2.60. The Morgan fingerprint density at radius 3 is 2.67 bits per heavy atom. The van der Waals surface area contributed by atoms with Gasteiger partial charge in [0.05, 0.1) is 17.2 Å². The van der Waals surface area contributed by atoms with Crippen LogP contribution in [0.2, 0.25) is 0 Å². The Kier molecular flexibility index (Phi) is 5.28. The summed E-state index contributed by atoms with van der Waals surface area (Å²) in [6.07, 6.45) is 1.42. The molecule has 0 bridgehead atoms. The Morgan fingerprint density at radius 2 is 1.83 bits per heavy atom. The first-order valence-corrected chi connectivity index (χ1v) is 8.61. The van der Waals surface area contributed by atoms with E-state index in [0.717, 1.165) is 5.75 Å². The molecule has 0 fully saturated rings. The van der Waals surface area contributed by atoms with E-state index >= 15 is 0 Å². The molecule has 1 heterocycles. The molecule has 1 amide bonds. The SMILES string of the molecule is O=C(Cn1cnc2ccccc2c1=O)NCCSc1ccccc1. The molecule has 6 heteroatoms. The molecule has 0 unspecified atom stereocenters. The highest BCUT2D eigenvalue weighted by molar-refractivity contribution is 7.99. The van der Waals surface area contributed by atoms with Gasteiger partial charge in [0, 0.05) is 17.2 Å². The number of aromatic nitrogens is 2. The van der Waals surface area contributed by atoms with Crippen molar-refractivity contribution >= 4 is 28.6 Å². The van der Waals surface area contributed by atoms with Crippen LogP contribution >= 0.6 is 11.8 Å². The van der Waals surface area contributed by atoms with Crippen LogP contribution in [0.1, 0.15) is 0 Å². The standard InChI is InChI=1S/C18H17N3O2S/c22-17(19-10-11-24-14-6-2-1-3-7-14)12-21-13-20-16-9-5-4-8-15(16)18(21)23/h1-9,13H,10-12H2,(H,19,22). The zero-order chi connectivity index (χ0) is 16.8. The van der Waals surface area contributed by atoms with Gasteiger partial charge in [0.1, 0.15) is 6.54 Å². The molecule has 0 radical (unpaired) electrons. The molecule has 0 aliphatic carbocycles. The van der Waals surface area contributed by atoms with Crippen molar-refractivity contribution in [1.29, 1.82) is 0 Å². The number of nitrogens with one attached hydrogen (secondary N) is 1. The number of rotatable bonds is 6. The molecule has 1 aromatic heterocycles. The van der Waals surface area contributed by atoms with Gasteiger partial charge in [0.15, 0.2) is 0 Å². The van der Waals surface area contributed by atoms with Crippen LogP contribution < -0.4 is 10.9 Å². The quantitative estimate of drug-likeness (QED) is 0.553. The number of thioether (sulfide) groups is 1. The van der Waals surface area contributed by atoms with E-state index in [1.807, 2.05) is 36.4 Å². The van der Waals surface area contributed by atoms with E-state index in [4.69, 9.17) is 0 Å². The summed E-state index contributed by atoms with van der Waals surface area (Å²) in [5, 5.41) is 3.35. The summed E-state index contributed by atoms with van der Waals surface area (Å²) in [7, 11) is 0. The lowest BCUT2D eigenvalue weighted by Crippen LogP contribution is -2.33. The van der Waals surface area contributed by atoms with Crippen molar-refractivity contribution in [2.24, 2.45) is 0 Å². The highest BCUT2D eigenvalue weighted by Gasteiger charge is 2.07. The molecule has 122 valence electrons. The van der Waals surface area contributed by atoms with Gasteiger partial charge in [-0.25, -0.2) is 4.98 Å². The molecule has 0 atom stereocenters. The minimum absolute atomic E-state index is 0.0212. The summed E-state index contributed by atoms with van der Waals surface area (Å²) >= 11 is 1.68. The molecule has 1 N–H and O–H groups in total. The lowest BCUT2D eigenvalue weighted by molar-refractivity contribution is -0.121. The van der Waals surface area contributed by atoms with Crippen LogP contribution in [0, 0.1) is 0 Å². The maximum Gasteiger partial charge on any atom is 0.261 e. The second-order valence-electron chi connectivity index (χ2n) is 5.21. The van der Waals surface area contributed by atoms with E-state index in [1.165, 1.54) is 15.8 Å². The number of nitrogens with zero attached hydrogens (tertiary/aromatic N) is 2. The number of fused-ring (bicyclic) bond motifs is 1. The molecule has 0 aliphatic rings. The minimum atomic E-state index is -0.200. The predicted octanol–water partition coefficient (Wildman–Crippen LogP) is 2.31. The number of benzene rings is 2.